The zero-order chi connectivity index (χ0) is 15.2. The van der Waals surface area contributed by atoms with E-state index in [9.17, 15) is 18.5 Å². The topological polar surface area (TPSA) is 80.5 Å². The van der Waals surface area contributed by atoms with Crippen LogP contribution in [0.15, 0.2) is 48.5 Å². The number of non-ortho nitro benzene ring substituents is 1. The normalized spacial score (nSPS) is 19.3. The Balaban J connectivity index is 2.15. The maximum absolute atomic E-state index is 12.6. The molecule has 2 aromatic rings. The molecule has 108 valence electrons. The minimum Gasteiger partial charge on any atom is -0.272 e. The molecule has 0 aromatic heterocycles. The maximum atomic E-state index is 12.6. The van der Waals surface area contributed by atoms with E-state index in [4.69, 9.17) is 0 Å². The Morgan fingerprint density at radius 3 is 2.33 bits per heavy atom. The average Bonchev–Trinajstić information content (AvgIpc) is 2.67. The Morgan fingerprint density at radius 1 is 1.10 bits per heavy atom. The van der Waals surface area contributed by atoms with E-state index in [0.717, 1.165) is 0 Å². The summed E-state index contributed by atoms with van der Waals surface area (Å²) in [5.74, 6) is 0. The van der Waals surface area contributed by atoms with Crippen molar-refractivity contribution in [3.63, 3.8) is 0 Å². The molecule has 1 heterocycles. The predicted octanol–water partition coefficient (Wildman–Crippen LogP) is 2.46. The van der Waals surface area contributed by atoms with Gasteiger partial charge in [0.25, 0.3) is 5.69 Å². The molecule has 1 atom stereocenters. The number of benzene rings is 2. The van der Waals surface area contributed by atoms with Gasteiger partial charge in [-0.1, -0.05) is 30.3 Å². The van der Waals surface area contributed by atoms with Crippen molar-refractivity contribution in [1.82, 2.24) is 0 Å². The van der Waals surface area contributed by atoms with Gasteiger partial charge in [-0.2, -0.15) is 0 Å². The summed E-state index contributed by atoms with van der Waals surface area (Å²) in [7, 11) is -2.03. The van der Waals surface area contributed by atoms with Gasteiger partial charge in [0.15, 0.2) is 0 Å². The van der Waals surface area contributed by atoms with E-state index in [-0.39, 0.29) is 5.69 Å². The van der Waals surface area contributed by atoms with Gasteiger partial charge in [0.05, 0.1) is 10.6 Å². The largest absolute Gasteiger partial charge is 0.272 e. The molecule has 0 saturated heterocycles. The van der Waals surface area contributed by atoms with Crippen molar-refractivity contribution < 1.29 is 13.3 Å². The Morgan fingerprint density at radius 2 is 1.71 bits per heavy atom. The highest BCUT2D eigenvalue weighted by atomic mass is 32.2. The van der Waals surface area contributed by atoms with Crippen LogP contribution in [-0.2, 0) is 10.0 Å². The van der Waals surface area contributed by atoms with Gasteiger partial charge < -0.3 is 0 Å². The van der Waals surface area contributed by atoms with Crippen LogP contribution in [0.25, 0.3) is 0 Å². The fourth-order valence-corrected chi connectivity index (χ4v) is 4.35. The number of nitro benzene ring substituents is 1. The highest BCUT2D eigenvalue weighted by Crippen LogP contribution is 2.45. The molecular formula is C14H12N2O4S. The number of hydrogen-bond acceptors (Lipinski definition) is 4. The summed E-state index contributed by atoms with van der Waals surface area (Å²) in [6.45, 7) is 0. The first kappa shape index (κ1) is 13.6. The molecule has 0 amide bonds. The van der Waals surface area contributed by atoms with Gasteiger partial charge in [-0.15, -0.1) is 0 Å². The summed E-state index contributed by atoms with van der Waals surface area (Å²) >= 11 is 0. The zero-order valence-electron chi connectivity index (χ0n) is 11.1. The SMILES string of the molecule is CN1c2ccccc2C(c2ccc([N+](=O)[O-])cc2)S1(=O)=O. The van der Waals surface area contributed by atoms with E-state index < -0.39 is 20.2 Å². The summed E-state index contributed by atoms with van der Waals surface area (Å²) in [6.07, 6.45) is 0. The van der Waals surface area contributed by atoms with Gasteiger partial charge in [0.1, 0.15) is 5.25 Å². The predicted molar refractivity (Wildman–Crippen MR) is 78.7 cm³/mol. The van der Waals surface area contributed by atoms with Crippen LogP contribution in [-0.4, -0.2) is 20.4 Å². The number of nitrogens with zero attached hydrogens (tertiary/aromatic N) is 2. The molecule has 0 bridgehead atoms. The first-order chi connectivity index (χ1) is 9.93. The lowest BCUT2D eigenvalue weighted by atomic mass is 10.0. The fourth-order valence-electron chi connectivity index (χ4n) is 2.57. The third kappa shape index (κ3) is 1.97. The number of fused-ring (bicyclic) bond motifs is 1. The molecule has 1 unspecified atom stereocenters. The lowest BCUT2D eigenvalue weighted by molar-refractivity contribution is -0.384. The molecule has 0 aliphatic carbocycles. The molecule has 21 heavy (non-hydrogen) atoms. The Kier molecular flexibility index (Phi) is 2.94. The van der Waals surface area contributed by atoms with E-state index >= 15 is 0 Å². The standard InChI is InChI=1S/C14H12N2O4S/c1-15-13-5-3-2-4-12(13)14(21(15,19)20)10-6-8-11(9-7-10)16(17)18/h2-9,14H,1H3. The molecule has 6 nitrogen and oxygen atoms in total. The van der Waals surface area contributed by atoms with Crippen molar-refractivity contribution in [2.24, 2.45) is 0 Å². The maximum Gasteiger partial charge on any atom is 0.269 e. The average molecular weight is 304 g/mol. The third-order valence-electron chi connectivity index (χ3n) is 3.64. The van der Waals surface area contributed by atoms with E-state index in [1.165, 1.54) is 35.6 Å². The molecule has 1 aliphatic rings. The molecule has 7 heteroatoms. The lowest BCUT2D eigenvalue weighted by Crippen LogP contribution is -2.24. The fraction of sp³-hybridized carbons (Fsp3) is 0.143. The van der Waals surface area contributed by atoms with Crippen LogP contribution in [0.2, 0.25) is 0 Å². The number of anilines is 1. The van der Waals surface area contributed by atoms with E-state index in [2.05, 4.69) is 0 Å². The minimum atomic E-state index is -3.55. The molecule has 0 N–H and O–H groups in total. The molecule has 1 aliphatic heterocycles. The quantitative estimate of drug-likeness (QED) is 0.630. The van der Waals surface area contributed by atoms with Crippen LogP contribution >= 0.6 is 0 Å². The second-order valence-electron chi connectivity index (χ2n) is 4.80. The number of hydrogen-bond donors (Lipinski definition) is 0. The van der Waals surface area contributed by atoms with Crippen LogP contribution in [0.5, 0.6) is 0 Å². The summed E-state index contributed by atoms with van der Waals surface area (Å²) in [5, 5.41) is 9.87. The lowest BCUT2D eigenvalue weighted by Gasteiger charge is -2.14. The number of para-hydroxylation sites is 1. The number of sulfonamides is 1. The van der Waals surface area contributed by atoms with Crippen molar-refractivity contribution in [3.05, 3.63) is 69.8 Å². The van der Waals surface area contributed by atoms with Crippen molar-refractivity contribution >= 4 is 21.4 Å². The van der Waals surface area contributed by atoms with Crippen molar-refractivity contribution in [2.75, 3.05) is 11.4 Å². The number of rotatable bonds is 2. The van der Waals surface area contributed by atoms with Gasteiger partial charge in [0, 0.05) is 24.7 Å². The monoisotopic (exact) mass is 304 g/mol. The third-order valence-corrected chi connectivity index (χ3v) is 5.73. The molecule has 0 radical (unpaired) electrons. The second-order valence-corrected chi connectivity index (χ2v) is 6.85. The van der Waals surface area contributed by atoms with Crippen molar-refractivity contribution in [2.45, 2.75) is 5.25 Å². The highest BCUT2D eigenvalue weighted by Gasteiger charge is 2.41. The van der Waals surface area contributed by atoms with E-state index in [0.29, 0.717) is 16.8 Å². The molecule has 2 aromatic carbocycles. The Labute approximate surface area is 121 Å². The summed E-state index contributed by atoms with van der Waals surface area (Å²) in [4.78, 5) is 10.2. The van der Waals surface area contributed by atoms with Crippen LogP contribution in [0.3, 0.4) is 0 Å². The minimum absolute atomic E-state index is 0.0595. The van der Waals surface area contributed by atoms with Crippen LogP contribution in [0.1, 0.15) is 16.4 Å². The van der Waals surface area contributed by atoms with Gasteiger partial charge in [0.2, 0.25) is 10.0 Å². The molecule has 0 saturated carbocycles. The first-order valence-corrected chi connectivity index (χ1v) is 7.74. The molecule has 0 fully saturated rings. The van der Waals surface area contributed by atoms with Crippen molar-refractivity contribution in [1.29, 1.82) is 0 Å². The molecular weight excluding hydrogens is 292 g/mol. The smallest absolute Gasteiger partial charge is 0.269 e. The highest BCUT2D eigenvalue weighted by molar-refractivity contribution is 7.93. The van der Waals surface area contributed by atoms with E-state index in [1.807, 2.05) is 0 Å². The zero-order valence-corrected chi connectivity index (χ0v) is 11.9. The van der Waals surface area contributed by atoms with Gasteiger partial charge in [-0.05, 0) is 11.6 Å². The number of nitro groups is 1. The van der Waals surface area contributed by atoms with Crippen LogP contribution in [0, 0.1) is 10.1 Å². The Bertz CT molecular complexity index is 815. The molecule has 0 spiro atoms. The second kappa shape index (κ2) is 4.56. The first-order valence-electron chi connectivity index (χ1n) is 6.24. The molecule has 3 rings (SSSR count). The van der Waals surface area contributed by atoms with Crippen LogP contribution < -0.4 is 4.31 Å². The summed E-state index contributed by atoms with van der Waals surface area (Å²) < 4.78 is 26.4. The summed E-state index contributed by atoms with van der Waals surface area (Å²) in [5.41, 5.74) is 1.79. The van der Waals surface area contributed by atoms with E-state index in [1.54, 1.807) is 24.3 Å². The summed E-state index contributed by atoms with van der Waals surface area (Å²) in [6, 6.07) is 12.7. The van der Waals surface area contributed by atoms with Gasteiger partial charge in [-0.3, -0.25) is 14.4 Å². The Hall–Kier alpha value is -2.41. The van der Waals surface area contributed by atoms with Crippen molar-refractivity contribution in [3.8, 4) is 0 Å². The van der Waals surface area contributed by atoms with Crippen LogP contribution in [0.4, 0.5) is 11.4 Å². The van der Waals surface area contributed by atoms with Gasteiger partial charge >= 0.3 is 0 Å². The van der Waals surface area contributed by atoms with Gasteiger partial charge in [-0.25, -0.2) is 8.42 Å².